The molecule has 0 saturated heterocycles. The van der Waals surface area contributed by atoms with E-state index in [0.717, 1.165) is 17.5 Å². The fourth-order valence-electron chi connectivity index (χ4n) is 2.46. The van der Waals surface area contributed by atoms with Gasteiger partial charge in [0.15, 0.2) is 0 Å². The van der Waals surface area contributed by atoms with Gasteiger partial charge in [0.1, 0.15) is 5.82 Å². The molecule has 2 atom stereocenters. The zero-order chi connectivity index (χ0) is 15.2. The second-order valence-electron chi connectivity index (χ2n) is 4.91. The van der Waals surface area contributed by atoms with E-state index in [1.807, 2.05) is 37.4 Å². The number of halogens is 2. The normalized spacial score (nSPS) is 13.9. The van der Waals surface area contributed by atoms with E-state index in [2.05, 4.69) is 33.4 Å². The molecule has 0 bridgehead atoms. The van der Waals surface area contributed by atoms with E-state index in [1.165, 1.54) is 6.07 Å². The molecule has 2 rings (SSSR count). The number of nitrogens with one attached hydrogen (secondary N) is 1. The summed E-state index contributed by atoms with van der Waals surface area (Å²) in [7, 11) is 3.63. The Morgan fingerprint density at radius 2 is 1.90 bits per heavy atom. The van der Waals surface area contributed by atoms with E-state index in [1.54, 1.807) is 7.11 Å². The SMILES string of the molecule is CNC(Cc1ccc(F)c(Br)c1)C(OC)c1ccccc1. The van der Waals surface area contributed by atoms with Gasteiger partial charge in [-0.05, 0) is 52.7 Å². The first-order chi connectivity index (χ1) is 10.2. The van der Waals surface area contributed by atoms with E-state index in [4.69, 9.17) is 4.74 Å². The molecule has 0 spiro atoms. The molecule has 2 unspecified atom stereocenters. The van der Waals surface area contributed by atoms with Crippen molar-refractivity contribution in [3.8, 4) is 0 Å². The van der Waals surface area contributed by atoms with E-state index in [0.29, 0.717) is 4.47 Å². The first-order valence-electron chi connectivity index (χ1n) is 6.84. The summed E-state index contributed by atoms with van der Waals surface area (Å²) in [5.74, 6) is -0.244. The first-order valence-corrected chi connectivity index (χ1v) is 7.64. The number of hydrogen-bond acceptors (Lipinski definition) is 2. The second kappa shape index (κ2) is 7.69. The Bertz CT molecular complexity index is 576. The molecule has 0 aromatic heterocycles. The lowest BCUT2D eigenvalue weighted by atomic mass is 9.96. The highest BCUT2D eigenvalue weighted by Crippen LogP contribution is 2.24. The van der Waals surface area contributed by atoms with E-state index >= 15 is 0 Å². The van der Waals surface area contributed by atoms with Crippen LogP contribution in [0.15, 0.2) is 53.0 Å². The summed E-state index contributed by atoms with van der Waals surface area (Å²) in [5, 5.41) is 3.30. The van der Waals surface area contributed by atoms with Gasteiger partial charge < -0.3 is 10.1 Å². The minimum absolute atomic E-state index is 0.0555. The van der Waals surface area contributed by atoms with E-state index in [9.17, 15) is 4.39 Å². The number of ether oxygens (including phenoxy) is 1. The third-order valence-electron chi connectivity index (χ3n) is 3.56. The van der Waals surface area contributed by atoms with Crippen LogP contribution in [0.25, 0.3) is 0 Å². The average molecular weight is 352 g/mol. The molecule has 0 aliphatic rings. The van der Waals surface area contributed by atoms with Gasteiger partial charge in [-0.3, -0.25) is 0 Å². The minimum atomic E-state index is -0.244. The first kappa shape index (κ1) is 16.1. The fourth-order valence-corrected chi connectivity index (χ4v) is 2.88. The highest BCUT2D eigenvalue weighted by atomic mass is 79.9. The van der Waals surface area contributed by atoms with Crippen molar-refractivity contribution in [3.63, 3.8) is 0 Å². The molecule has 1 N–H and O–H groups in total. The predicted octanol–water partition coefficient (Wildman–Crippen LogP) is 4.11. The smallest absolute Gasteiger partial charge is 0.137 e. The van der Waals surface area contributed by atoms with Crippen LogP contribution in [0.1, 0.15) is 17.2 Å². The number of methoxy groups -OCH3 is 1. The highest BCUT2D eigenvalue weighted by molar-refractivity contribution is 9.10. The van der Waals surface area contributed by atoms with Crippen LogP contribution in [-0.2, 0) is 11.2 Å². The van der Waals surface area contributed by atoms with Crippen LogP contribution < -0.4 is 5.32 Å². The molecular weight excluding hydrogens is 333 g/mol. The monoisotopic (exact) mass is 351 g/mol. The Morgan fingerprint density at radius 3 is 2.48 bits per heavy atom. The van der Waals surface area contributed by atoms with Crippen LogP contribution in [-0.4, -0.2) is 20.2 Å². The molecule has 0 heterocycles. The van der Waals surface area contributed by atoms with Gasteiger partial charge in [0, 0.05) is 13.2 Å². The molecule has 21 heavy (non-hydrogen) atoms. The van der Waals surface area contributed by atoms with Gasteiger partial charge in [0.25, 0.3) is 0 Å². The lowest BCUT2D eigenvalue weighted by molar-refractivity contribution is 0.0704. The summed E-state index contributed by atoms with van der Waals surface area (Å²) in [6.07, 6.45) is 0.697. The van der Waals surface area contributed by atoms with E-state index in [-0.39, 0.29) is 18.0 Å². The third-order valence-corrected chi connectivity index (χ3v) is 4.17. The molecule has 2 nitrogen and oxygen atoms in total. The van der Waals surface area contributed by atoms with Gasteiger partial charge in [-0.1, -0.05) is 36.4 Å². The Hall–Kier alpha value is -1.23. The zero-order valence-electron chi connectivity index (χ0n) is 12.1. The van der Waals surface area contributed by atoms with Gasteiger partial charge in [-0.25, -0.2) is 4.39 Å². The molecule has 2 aromatic carbocycles. The summed E-state index contributed by atoms with van der Waals surface area (Å²) in [4.78, 5) is 0. The van der Waals surface area contributed by atoms with Crippen LogP contribution >= 0.6 is 15.9 Å². The van der Waals surface area contributed by atoms with Crippen molar-refractivity contribution in [1.82, 2.24) is 5.32 Å². The van der Waals surface area contributed by atoms with Crippen molar-refractivity contribution in [1.29, 1.82) is 0 Å². The van der Waals surface area contributed by atoms with Gasteiger partial charge in [0.2, 0.25) is 0 Å². The van der Waals surface area contributed by atoms with Gasteiger partial charge in [-0.2, -0.15) is 0 Å². The topological polar surface area (TPSA) is 21.3 Å². The van der Waals surface area contributed by atoms with Crippen molar-refractivity contribution in [2.45, 2.75) is 18.6 Å². The number of rotatable bonds is 6. The van der Waals surface area contributed by atoms with Crippen LogP contribution in [0.3, 0.4) is 0 Å². The summed E-state index contributed by atoms with van der Waals surface area (Å²) in [5.41, 5.74) is 2.18. The van der Waals surface area contributed by atoms with Crippen molar-refractivity contribution in [2.24, 2.45) is 0 Å². The maximum atomic E-state index is 13.3. The lowest BCUT2D eigenvalue weighted by Gasteiger charge is -2.26. The lowest BCUT2D eigenvalue weighted by Crippen LogP contribution is -2.35. The zero-order valence-corrected chi connectivity index (χ0v) is 13.7. The third kappa shape index (κ3) is 4.13. The Labute approximate surface area is 133 Å². The Balaban J connectivity index is 2.19. The maximum absolute atomic E-state index is 13.3. The minimum Gasteiger partial charge on any atom is -0.375 e. The molecule has 0 radical (unpaired) electrons. The standard InChI is InChI=1S/C17H19BrFNO/c1-20-16(11-12-8-9-15(19)14(18)10-12)17(21-2)13-6-4-3-5-7-13/h3-10,16-17,20H,11H2,1-2H3. The quantitative estimate of drug-likeness (QED) is 0.845. The maximum Gasteiger partial charge on any atom is 0.137 e. The van der Waals surface area contributed by atoms with Crippen LogP contribution in [0.4, 0.5) is 4.39 Å². The van der Waals surface area contributed by atoms with Crippen LogP contribution in [0.5, 0.6) is 0 Å². The summed E-state index contributed by atoms with van der Waals surface area (Å²) >= 11 is 3.23. The molecule has 2 aromatic rings. The van der Waals surface area contributed by atoms with Crippen LogP contribution in [0, 0.1) is 5.82 Å². The molecule has 0 aliphatic carbocycles. The highest BCUT2D eigenvalue weighted by Gasteiger charge is 2.22. The summed E-state index contributed by atoms with van der Waals surface area (Å²) < 4.78 is 19.5. The number of likely N-dealkylation sites (N-methyl/N-ethyl adjacent to an activating group) is 1. The van der Waals surface area contributed by atoms with Crippen molar-refractivity contribution in [3.05, 3.63) is 69.9 Å². The van der Waals surface area contributed by atoms with Gasteiger partial charge in [0.05, 0.1) is 10.6 Å². The van der Waals surface area contributed by atoms with Gasteiger partial charge >= 0.3 is 0 Å². The van der Waals surface area contributed by atoms with Gasteiger partial charge in [-0.15, -0.1) is 0 Å². The number of hydrogen-bond donors (Lipinski definition) is 1. The van der Waals surface area contributed by atoms with Crippen LogP contribution in [0.2, 0.25) is 0 Å². The van der Waals surface area contributed by atoms with Crippen molar-refractivity contribution in [2.75, 3.05) is 14.2 Å². The fraction of sp³-hybridized carbons (Fsp3) is 0.294. The van der Waals surface area contributed by atoms with Crippen molar-refractivity contribution < 1.29 is 9.13 Å². The predicted molar refractivity (Wildman–Crippen MR) is 86.8 cm³/mol. The summed E-state index contributed by atoms with van der Waals surface area (Å²) in [6.45, 7) is 0. The van der Waals surface area contributed by atoms with Crippen molar-refractivity contribution >= 4 is 15.9 Å². The van der Waals surface area contributed by atoms with E-state index < -0.39 is 0 Å². The average Bonchev–Trinajstić information content (AvgIpc) is 2.51. The Morgan fingerprint density at radius 1 is 1.19 bits per heavy atom. The Kier molecular flexibility index (Phi) is 5.91. The summed E-state index contributed by atoms with van der Waals surface area (Å²) in [6, 6.07) is 15.3. The molecule has 0 fully saturated rings. The molecule has 0 saturated carbocycles. The number of benzene rings is 2. The molecule has 112 valence electrons. The molecular formula is C17H19BrFNO. The second-order valence-corrected chi connectivity index (χ2v) is 5.77. The molecule has 0 amide bonds. The largest absolute Gasteiger partial charge is 0.375 e. The molecule has 0 aliphatic heterocycles. The molecule has 4 heteroatoms.